The van der Waals surface area contributed by atoms with Gasteiger partial charge in [-0.1, -0.05) is 60.2 Å². The quantitative estimate of drug-likeness (QED) is 0.462. The Hall–Kier alpha value is -3.58. The number of carbonyl (C=O) groups excluding carboxylic acids is 1. The van der Waals surface area contributed by atoms with Gasteiger partial charge in [0.1, 0.15) is 11.0 Å². The van der Waals surface area contributed by atoms with E-state index in [0.717, 1.165) is 27.4 Å². The zero-order valence-corrected chi connectivity index (χ0v) is 18.8. The van der Waals surface area contributed by atoms with Gasteiger partial charge in [0, 0.05) is 35.5 Å². The molecule has 4 aromatic rings. The van der Waals surface area contributed by atoms with Crippen LogP contribution in [0.1, 0.15) is 24.2 Å². The van der Waals surface area contributed by atoms with Gasteiger partial charge in [-0.15, -0.1) is 11.3 Å². The van der Waals surface area contributed by atoms with E-state index in [1.165, 1.54) is 10.7 Å². The van der Waals surface area contributed by atoms with Crippen LogP contribution in [0.3, 0.4) is 0 Å². The average molecular weight is 445 g/mol. The van der Waals surface area contributed by atoms with Crippen LogP contribution in [0, 0.1) is 6.92 Å². The molecular weight excluding hydrogens is 420 g/mol. The molecule has 2 aromatic heterocycles. The second-order valence-electron chi connectivity index (χ2n) is 7.59. The van der Waals surface area contributed by atoms with Crippen molar-refractivity contribution in [3.8, 4) is 21.8 Å². The molecule has 0 aliphatic carbocycles. The molecule has 0 saturated heterocycles. The number of benzene rings is 2. The summed E-state index contributed by atoms with van der Waals surface area (Å²) >= 11 is 1.59. The van der Waals surface area contributed by atoms with E-state index in [0.29, 0.717) is 18.7 Å². The molecular formula is C25H24N4O2S. The Bertz CT molecular complexity index is 1260. The molecule has 0 saturated carbocycles. The van der Waals surface area contributed by atoms with Crippen molar-refractivity contribution >= 4 is 17.2 Å². The zero-order chi connectivity index (χ0) is 22.5. The molecule has 7 heteroatoms. The van der Waals surface area contributed by atoms with Crippen molar-refractivity contribution in [1.29, 1.82) is 0 Å². The molecule has 0 spiro atoms. The summed E-state index contributed by atoms with van der Waals surface area (Å²) in [5.41, 5.74) is 4.40. The van der Waals surface area contributed by atoms with Gasteiger partial charge in [0.25, 0.3) is 5.56 Å². The number of nitrogens with one attached hydrogen (secondary N) is 1. The van der Waals surface area contributed by atoms with Gasteiger partial charge in [0.2, 0.25) is 5.91 Å². The van der Waals surface area contributed by atoms with Crippen molar-refractivity contribution < 1.29 is 4.79 Å². The normalized spacial score (nSPS) is 11.8. The van der Waals surface area contributed by atoms with Gasteiger partial charge in [-0.3, -0.25) is 9.59 Å². The molecule has 1 unspecified atom stereocenters. The maximum absolute atomic E-state index is 12.7. The van der Waals surface area contributed by atoms with Crippen molar-refractivity contribution in [2.75, 3.05) is 6.54 Å². The lowest BCUT2D eigenvalue weighted by Gasteiger charge is -2.15. The lowest BCUT2D eigenvalue weighted by atomic mass is 10.1. The third-order valence-corrected chi connectivity index (χ3v) is 6.11. The number of nitrogens with zero attached hydrogens (tertiary/aromatic N) is 3. The molecule has 0 bridgehead atoms. The van der Waals surface area contributed by atoms with Gasteiger partial charge < -0.3 is 5.32 Å². The molecule has 1 amide bonds. The van der Waals surface area contributed by atoms with E-state index in [1.54, 1.807) is 24.3 Å². The minimum atomic E-state index is -0.719. The summed E-state index contributed by atoms with van der Waals surface area (Å²) in [6.07, 6.45) is 0.619. The first kappa shape index (κ1) is 21.6. The molecule has 0 aliphatic heterocycles. The third kappa shape index (κ3) is 5.00. The van der Waals surface area contributed by atoms with E-state index in [2.05, 4.69) is 15.4 Å². The molecule has 0 radical (unpaired) electrons. The van der Waals surface area contributed by atoms with Gasteiger partial charge >= 0.3 is 0 Å². The molecule has 162 valence electrons. The average Bonchev–Trinajstić information content (AvgIpc) is 3.29. The van der Waals surface area contributed by atoms with Crippen LogP contribution in [0.2, 0.25) is 0 Å². The predicted molar refractivity (Wildman–Crippen MR) is 128 cm³/mol. The Labute approximate surface area is 190 Å². The smallest absolute Gasteiger partial charge is 0.267 e. The number of aromatic nitrogens is 3. The number of carbonyl (C=O) groups is 1. The number of rotatable bonds is 7. The van der Waals surface area contributed by atoms with Crippen molar-refractivity contribution in [1.82, 2.24) is 20.1 Å². The minimum Gasteiger partial charge on any atom is -0.354 e. The Kier molecular flexibility index (Phi) is 6.56. The maximum atomic E-state index is 12.7. The van der Waals surface area contributed by atoms with Crippen LogP contribution < -0.4 is 10.9 Å². The van der Waals surface area contributed by atoms with Crippen LogP contribution in [-0.2, 0) is 11.2 Å². The molecule has 2 aromatic carbocycles. The summed E-state index contributed by atoms with van der Waals surface area (Å²) in [6.45, 7) is 4.13. The van der Waals surface area contributed by atoms with Gasteiger partial charge in [0.15, 0.2) is 0 Å². The first-order valence-corrected chi connectivity index (χ1v) is 11.3. The van der Waals surface area contributed by atoms with Crippen LogP contribution in [-0.4, -0.2) is 27.2 Å². The fourth-order valence-corrected chi connectivity index (χ4v) is 4.15. The van der Waals surface area contributed by atoms with E-state index in [-0.39, 0.29) is 11.5 Å². The number of hydrogen-bond acceptors (Lipinski definition) is 5. The number of hydrogen-bond donors (Lipinski definition) is 1. The number of aryl methyl sites for hydroxylation is 1. The van der Waals surface area contributed by atoms with Crippen molar-refractivity contribution in [3.05, 3.63) is 93.7 Å². The SMILES string of the molecule is Cc1ccc(-c2ccc(=O)n(C(C)C(=O)NCCc3csc(-c4ccccc4)n3)n2)cc1. The van der Waals surface area contributed by atoms with Crippen molar-refractivity contribution in [2.45, 2.75) is 26.3 Å². The van der Waals surface area contributed by atoms with Crippen LogP contribution in [0.25, 0.3) is 21.8 Å². The predicted octanol–water partition coefficient (Wildman–Crippen LogP) is 4.26. The molecule has 1 N–H and O–H groups in total. The molecule has 6 nitrogen and oxygen atoms in total. The van der Waals surface area contributed by atoms with Crippen LogP contribution in [0.5, 0.6) is 0 Å². The lowest BCUT2D eigenvalue weighted by molar-refractivity contribution is -0.124. The van der Waals surface area contributed by atoms with Crippen LogP contribution in [0.4, 0.5) is 0 Å². The summed E-state index contributed by atoms with van der Waals surface area (Å²) in [6, 6.07) is 20.3. The molecule has 2 heterocycles. The largest absolute Gasteiger partial charge is 0.354 e. The van der Waals surface area contributed by atoms with Gasteiger partial charge in [0.05, 0.1) is 11.4 Å². The fourth-order valence-electron chi connectivity index (χ4n) is 3.29. The molecule has 0 fully saturated rings. The highest BCUT2D eigenvalue weighted by atomic mass is 32.1. The standard InChI is InChI=1S/C25H24N4O2S/c1-17-8-10-19(11-9-17)22-12-13-23(30)29(28-22)18(2)24(31)26-15-14-21-16-32-25(27-21)20-6-4-3-5-7-20/h3-13,16,18H,14-15H2,1-2H3,(H,26,31). The second kappa shape index (κ2) is 9.70. The topological polar surface area (TPSA) is 76.9 Å². The van der Waals surface area contributed by atoms with Crippen molar-refractivity contribution in [2.24, 2.45) is 0 Å². The Balaban J connectivity index is 1.39. The van der Waals surface area contributed by atoms with Crippen LogP contribution in [0.15, 0.2) is 76.9 Å². The van der Waals surface area contributed by atoms with Gasteiger partial charge in [-0.2, -0.15) is 5.10 Å². The summed E-state index contributed by atoms with van der Waals surface area (Å²) in [5.74, 6) is -0.251. The summed E-state index contributed by atoms with van der Waals surface area (Å²) in [7, 11) is 0. The fraction of sp³-hybridized carbons (Fsp3) is 0.200. The van der Waals surface area contributed by atoms with Crippen molar-refractivity contribution in [3.63, 3.8) is 0 Å². The highest BCUT2D eigenvalue weighted by molar-refractivity contribution is 7.13. The van der Waals surface area contributed by atoms with E-state index in [1.807, 2.05) is 66.9 Å². The Morgan fingerprint density at radius 1 is 1.03 bits per heavy atom. The third-order valence-electron chi connectivity index (χ3n) is 5.17. The summed E-state index contributed by atoms with van der Waals surface area (Å²) < 4.78 is 1.24. The molecule has 32 heavy (non-hydrogen) atoms. The van der Waals surface area contributed by atoms with E-state index in [9.17, 15) is 9.59 Å². The maximum Gasteiger partial charge on any atom is 0.267 e. The highest BCUT2D eigenvalue weighted by Gasteiger charge is 2.18. The summed E-state index contributed by atoms with van der Waals surface area (Å²) in [5, 5.41) is 10.3. The number of thiazole rings is 1. The number of amides is 1. The van der Waals surface area contributed by atoms with E-state index < -0.39 is 6.04 Å². The minimum absolute atomic E-state index is 0.251. The Morgan fingerprint density at radius 3 is 2.53 bits per heavy atom. The lowest BCUT2D eigenvalue weighted by Crippen LogP contribution is -2.37. The molecule has 4 rings (SSSR count). The molecule has 0 aliphatic rings. The Morgan fingerprint density at radius 2 is 1.78 bits per heavy atom. The first-order chi connectivity index (χ1) is 15.5. The molecule has 1 atom stereocenters. The monoisotopic (exact) mass is 444 g/mol. The zero-order valence-electron chi connectivity index (χ0n) is 18.0. The van der Waals surface area contributed by atoms with E-state index in [4.69, 9.17) is 0 Å². The second-order valence-corrected chi connectivity index (χ2v) is 8.45. The van der Waals surface area contributed by atoms with Gasteiger partial charge in [-0.25, -0.2) is 9.67 Å². The highest BCUT2D eigenvalue weighted by Crippen LogP contribution is 2.23. The first-order valence-electron chi connectivity index (χ1n) is 10.5. The van der Waals surface area contributed by atoms with E-state index >= 15 is 0 Å². The summed E-state index contributed by atoms with van der Waals surface area (Å²) in [4.78, 5) is 29.7. The van der Waals surface area contributed by atoms with Gasteiger partial charge in [-0.05, 0) is 19.9 Å². The van der Waals surface area contributed by atoms with Crippen LogP contribution >= 0.6 is 11.3 Å².